The summed E-state index contributed by atoms with van der Waals surface area (Å²) in [6, 6.07) is 0. The fraction of sp³-hybridized carbons (Fsp3) is 0.900. The molecule has 4 heteroatoms. The van der Waals surface area contributed by atoms with E-state index in [-0.39, 0.29) is 6.09 Å². The molecule has 1 rings (SSSR count). The van der Waals surface area contributed by atoms with Gasteiger partial charge < -0.3 is 9.47 Å². The minimum Gasteiger partial charge on any atom is -0.444 e. The summed E-state index contributed by atoms with van der Waals surface area (Å²) in [7, 11) is 0. The summed E-state index contributed by atoms with van der Waals surface area (Å²) in [5.41, 5.74) is -0.427. The second-order valence-electron chi connectivity index (χ2n) is 4.49. The lowest BCUT2D eigenvalue weighted by molar-refractivity contribution is -0.00428. The molecule has 0 unspecified atom stereocenters. The topological polar surface area (TPSA) is 38.8 Å². The van der Waals surface area contributed by atoms with Gasteiger partial charge in [0, 0.05) is 13.2 Å². The summed E-state index contributed by atoms with van der Waals surface area (Å²) in [5.74, 6) is 0. The monoisotopic (exact) mass is 201 g/mol. The summed E-state index contributed by atoms with van der Waals surface area (Å²) < 4.78 is 10.5. The molecule has 4 nitrogen and oxygen atoms in total. The van der Waals surface area contributed by atoms with E-state index in [4.69, 9.17) is 9.47 Å². The number of carbonyl (C=O) groups excluding carboxylic acids is 1. The molecule has 0 aromatic heterocycles. The van der Waals surface area contributed by atoms with Gasteiger partial charge in [0.05, 0.1) is 0 Å². The van der Waals surface area contributed by atoms with Crippen LogP contribution in [0.2, 0.25) is 0 Å². The van der Waals surface area contributed by atoms with Gasteiger partial charge in [0.2, 0.25) is 0 Å². The molecule has 0 atom stereocenters. The molecule has 0 radical (unpaired) electrons. The number of rotatable bonds is 0. The van der Waals surface area contributed by atoms with E-state index < -0.39 is 5.60 Å². The highest BCUT2D eigenvalue weighted by molar-refractivity contribution is 5.67. The molecule has 0 bridgehead atoms. The number of hydrogen-bond donors (Lipinski definition) is 0. The number of carbonyl (C=O) groups is 1. The Balaban J connectivity index is 2.42. The molecule has 0 spiro atoms. The standard InChI is InChI=1S/C10H19NO3/c1-10(2,3)14-9(12)11-6-4-5-7-13-8-11/h4-8H2,1-3H3. The molecule has 1 aliphatic heterocycles. The van der Waals surface area contributed by atoms with Crippen molar-refractivity contribution in [3.8, 4) is 0 Å². The minimum atomic E-state index is -0.427. The summed E-state index contributed by atoms with van der Waals surface area (Å²) in [4.78, 5) is 13.2. The second kappa shape index (κ2) is 4.64. The lowest BCUT2D eigenvalue weighted by Gasteiger charge is -2.25. The van der Waals surface area contributed by atoms with Crippen molar-refractivity contribution in [2.75, 3.05) is 19.9 Å². The Hall–Kier alpha value is -0.770. The zero-order valence-corrected chi connectivity index (χ0v) is 9.21. The van der Waals surface area contributed by atoms with Crippen LogP contribution in [0.1, 0.15) is 33.6 Å². The summed E-state index contributed by atoms with van der Waals surface area (Å²) in [6.07, 6.45) is 1.72. The SMILES string of the molecule is CC(C)(C)OC(=O)N1CCCCOC1. The molecule has 1 saturated heterocycles. The Morgan fingerprint density at radius 3 is 2.71 bits per heavy atom. The van der Waals surface area contributed by atoms with Crippen LogP contribution in [0.15, 0.2) is 0 Å². The lowest BCUT2D eigenvalue weighted by Crippen LogP contribution is -2.37. The van der Waals surface area contributed by atoms with Crippen LogP contribution < -0.4 is 0 Å². The first kappa shape index (κ1) is 11.3. The maximum Gasteiger partial charge on any atom is 0.412 e. The van der Waals surface area contributed by atoms with Gasteiger partial charge in [0.25, 0.3) is 0 Å². The lowest BCUT2D eigenvalue weighted by atomic mass is 10.2. The van der Waals surface area contributed by atoms with E-state index in [1.807, 2.05) is 20.8 Å². The zero-order chi connectivity index (χ0) is 10.6. The number of ether oxygens (including phenoxy) is 2. The molecule has 0 aromatic rings. The molecular formula is C10H19NO3. The molecule has 0 aliphatic carbocycles. The molecule has 1 aliphatic rings. The predicted octanol–water partition coefficient (Wildman–Crippen LogP) is 1.99. The number of hydrogen-bond acceptors (Lipinski definition) is 3. The molecule has 82 valence electrons. The Labute approximate surface area is 85.2 Å². The van der Waals surface area contributed by atoms with Crippen LogP contribution in [-0.2, 0) is 9.47 Å². The van der Waals surface area contributed by atoms with Gasteiger partial charge in [0.15, 0.2) is 0 Å². The fourth-order valence-electron chi connectivity index (χ4n) is 1.22. The van der Waals surface area contributed by atoms with Gasteiger partial charge >= 0.3 is 6.09 Å². The smallest absolute Gasteiger partial charge is 0.412 e. The third-order valence-electron chi connectivity index (χ3n) is 1.87. The third-order valence-corrected chi connectivity index (χ3v) is 1.87. The molecule has 14 heavy (non-hydrogen) atoms. The second-order valence-corrected chi connectivity index (χ2v) is 4.49. The van der Waals surface area contributed by atoms with Gasteiger partial charge in [0.1, 0.15) is 12.3 Å². The van der Waals surface area contributed by atoms with Gasteiger partial charge in [-0.1, -0.05) is 0 Å². The van der Waals surface area contributed by atoms with Gasteiger partial charge in [-0.15, -0.1) is 0 Å². The quantitative estimate of drug-likeness (QED) is 0.601. The largest absolute Gasteiger partial charge is 0.444 e. The van der Waals surface area contributed by atoms with Crippen molar-refractivity contribution in [1.29, 1.82) is 0 Å². The van der Waals surface area contributed by atoms with Crippen molar-refractivity contribution in [2.45, 2.75) is 39.2 Å². The maximum absolute atomic E-state index is 11.6. The van der Waals surface area contributed by atoms with Crippen molar-refractivity contribution in [3.63, 3.8) is 0 Å². The average molecular weight is 201 g/mol. The Kier molecular flexibility index (Phi) is 3.75. The van der Waals surface area contributed by atoms with Crippen molar-refractivity contribution in [1.82, 2.24) is 4.90 Å². The van der Waals surface area contributed by atoms with Crippen molar-refractivity contribution < 1.29 is 14.3 Å². The highest BCUT2D eigenvalue weighted by Crippen LogP contribution is 2.12. The van der Waals surface area contributed by atoms with Crippen LogP contribution >= 0.6 is 0 Å². The van der Waals surface area contributed by atoms with E-state index in [1.165, 1.54) is 0 Å². The first-order valence-corrected chi connectivity index (χ1v) is 5.05. The summed E-state index contributed by atoms with van der Waals surface area (Å²) in [5, 5.41) is 0. The summed E-state index contributed by atoms with van der Waals surface area (Å²) in [6.45, 7) is 7.42. The van der Waals surface area contributed by atoms with Gasteiger partial charge in [-0.2, -0.15) is 0 Å². The van der Waals surface area contributed by atoms with Gasteiger partial charge in [-0.25, -0.2) is 4.79 Å². The molecule has 1 fully saturated rings. The number of amides is 1. The van der Waals surface area contributed by atoms with E-state index in [9.17, 15) is 4.79 Å². The zero-order valence-electron chi connectivity index (χ0n) is 9.21. The van der Waals surface area contributed by atoms with Crippen LogP contribution in [0.25, 0.3) is 0 Å². The molecule has 0 N–H and O–H groups in total. The van der Waals surface area contributed by atoms with Gasteiger partial charge in [-0.3, -0.25) is 4.90 Å². The minimum absolute atomic E-state index is 0.278. The molecule has 0 saturated carbocycles. The average Bonchev–Trinajstić information content (AvgIpc) is 2.27. The van der Waals surface area contributed by atoms with E-state index in [1.54, 1.807) is 4.90 Å². The van der Waals surface area contributed by atoms with Crippen LogP contribution in [-0.4, -0.2) is 36.5 Å². The normalized spacial score (nSPS) is 18.9. The van der Waals surface area contributed by atoms with Crippen LogP contribution in [0, 0.1) is 0 Å². The number of nitrogens with zero attached hydrogens (tertiary/aromatic N) is 1. The van der Waals surface area contributed by atoms with Crippen molar-refractivity contribution in [2.24, 2.45) is 0 Å². The first-order valence-electron chi connectivity index (χ1n) is 5.05. The molecule has 1 heterocycles. The van der Waals surface area contributed by atoms with E-state index in [2.05, 4.69) is 0 Å². The van der Waals surface area contributed by atoms with Crippen LogP contribution in [0.3, 0.4) is 0 Å². The maximum atomic E-state index is 11.6. The summed E-state index contributed by atoms with van der Waals surface area (Å²) >= 11 is 0. The highest BCUT2D eigenvalue weighted by atomic mass is 16.6. The fourth-order valence-corrected chi connectivity index (χ4v) is 1.22. The van der Waals surface area contributed by atoms with E-state index in [0.29, 0.717) is 6.73 Å². The van der Waals surface area contributed by atoms with Crippen LogP contribution in [0.4, 0.5) is 4.79 Å². The van der Waals surface area contributed by atoms with Gasteiger partial charge in [-0.05, 0) is 33.6 Å². The Morgan fingerprint density at radius 2 is 2.07 bits per heavy atom. The van der Waals surface area contributed by atoms with E-state index >= 15 is 0 Å². The Bertz CT molecular complexity index is 190. The highest BCUT2D eigenvalue weighted by Gasteiger charge is 2.22. The molecular weight excluding hydrogens is 182 g/mol. The molecule has 0 aromatic carbocycles. The third kappa shape index (κ3) is 3.96. The van der Waals surface area contributed by atoms with Crippen molar-refractivity contribution >= 4 is 6.09 Å². The predicted molar refractivity (Wildman–Crippen MR) is 53.0 cm³/mol. The van der Waals surface area contributed by atoms with Crippen molar-refractivity contribution in [3.05, 3.63) is 0 Å². The van der Waals surface area contributed by atoms with E-state index in [0.717, 1.165) is 26.0 Å². The van der Waals surface area contributed by atoms with Crippen LogP contribution in [0.5, 0.6) is 0 Å². The Morgan fingerprint density at radius 1 is 1.36 bits per heavy atom. The molecule has 1 amide bonds. The first-order chi connectivity index (χ1) is 6.49.